The molecule has 0 radical (unpaired) electrons. The average molecular weight is 167 g/mol. The van der Waals surface area contributed by atoms with Gasteiger partial charge in [-0.25, -0.2) is 0 Å². The average Bonchev–Trinajstić information content (AvgIpc) is 1.68. The zero-order valence-electron chi connectivity index (χ0n) is 3.54. The van der Waals surface area contributed by atoms with Crippen LogP contribution in [0.15, 0.2) is 9.04 Å². The number of azide groups is 1. The molecule has 0 aliphatic heterocycles. The van der Waals surface area contributed by atoms with Crippen LogP contribution in [0.3, 0.4) is 0 Å². The molecular formula is N6SV. The number of nitrogens with zero attached hydrogens (tertiary/aromatic N) is 6. The van der Waals surface area contributed by atoms with Gasteiger partial charge in [0.2, 0.25) is 0 Å². The maximum atomic E-state index is 7.74. The molecule has 0 aromatic rings. The minimum atomic E-state index is -0.916. The van der Waals surface area contributed by atoms with Gasteiger partial charge in [0.25, 0.3) is 0 Å². The molecule has 0 aromatic heterocycles. The summed E-state index contributed by atoms with van der Waals surface area (Å²) in [7, 11) is -0.916. The Labute approximate surface area is 55.0 Å². The van der Waals surface area contributed by atoms with Gasteiger partial charge >= 0.3 is 54.6 Å². The third-order valence-corrected chi connectivity index (χ3v) is 1.34. The fraction of sp³-hybridized carbons (Fsp3) is 0. The van der Waals surface area contributed by atoms with Crippen molar-refractivity contribution < 1.29 is 15.7 Å². The molecule has 0 aliphatic carbocycles. The third-order valence-electron chi connectivity index (χ3n) is 0.219. The number of rotatable bonds is 2. The van der Waals surface area contributed by atoms with Crippen LogP contribution in [0, 0.1) is 0 Å². The molecule has 0 bridgehead atoms. The molecule has 0 spiro atoms. The zero-order chi connectivity index (χ0) is 6.41. The van der Waals surface area contributed by atoms with E-state index in [-0.39, 0.29) is 0 Å². The van der Waals surface area contributed by atoms with Crippen LogP contribution >= 0.6 is 8.92 Å². The van der Waals surface area contributed by atoms with E-state index >= 15 is 0 Å². The summed E-state index contributed by atoms with van der Waals surface area (Å²) in [5.74, 6) is 0. The second-order valence-electron chi connectivity index (χ2n) is 0.587. The van der Waals surface area contributed by atoms with Crippen molar-refractivity contribution in [3.05, 3.63) is 20.9 Å². The molecule has 41 valence electrons. The first-order chi connectivity index (χ1) is 3.81. The van der Waals surface area contributed by atoms with Crippen LogP contribution in [0.5, 0.6) is 0 Å². The third kappa shape index (κ3) is 3.73. The van der Waals surface area contributed by atoms with Crippen molar-refractivity contribution in [3.8, 4) is 0 Å². The van der Waals surface area contributed by atoms with Crippen LogP contribution in [0.2, 0.25) is 0 Å². The van der Waals surface area contributed by atoms with E-state index in [2.05, 4.69) is 18.9 Å². The predicted molar refractivity (Wildman–Crippen MR) is 25.9 cm³/mol. The molecule has 0 aliphatic rings. The molecule has 0 fully saturated rings. The Morgan fingerprint density at radius 1 is 1.25 bits per heavy atom. The van der Waals surface area contributed by atoms with Gasteiger partial charge in [-0.05, 0) is 0 Å². The Morgan fingerprint density at radius 3 is 1.88 bits per heavy atom. The van der Waals surface area contributed by atoms with Gasteiger partial charge in [-0.1, -0.05) is 0 Å². The van der Waals surface area contributed by atoms with Crippen LogP contribution in [-0.4, -0.2) is 0 Å². The van der Waals surface area contributed by atoms with Gasteiger partial charge in [0, 0.05) is 0 Å². The summed E-state index contributed by atoms with van der Waals surface area (Å²) < 4.78 is 6.15. The normalized spacial score (nSPS) is 10.4. The van der Waals surface area contributed by atoms with Crippen molar-refractivity contribution in [2.75, 3.05) is 0 Å². The Kier molecular flexibility index (Phi) is 4.44. The second kappa shape index (κ2) is 4.71. The predicted octanol–water partition coefficient (Wildman–Crippen LogP) is 2.17. The van der Waals surface area contributed by atoms with E-state index in [9.17, 15) is 0 Å². The summed E-state index contributed by atoms with van der Waals surface area (Å²) >= 11 is 1.95. The fourth-order valence-electron chi connectivity index (χ4n) is 0.0816. The number of hydrogen-bond acceptors (Lipinski definition) is 2. The molecule has 0 N–H and O–H groups in total. The van der Waals surface area contributed by atoms with E-state index in [1.54, 1.807) is 0 Å². The SMILES string of the molecule is [N-]=[N+]=N[S](=[V])N=[N+]=[N-]. The summed E-state index contributed by atoms with van der Waals surface area (Å²) in [6, 6.07) is 0. The molecule has 0 saturated carbocycles. The molecule has 0 unspecified atom stereocenters. The van der Waals surface area contributed by atoms with Crippen molar-refractivity contribution in [1.29, 1.82) is 0 Å². The van der Waals surface area contributed by atoms with Crippen LogP contribution in [0.25, 0.3) is 20.9 Å². The quantitative estimate of drug-likeness (QED) is 0.342. The van der Waals surface area contributed by atoms with Gasteiger partial charge in [0.1, 0.15) is 0 Å². The summed E-state index contributed by atoms with van der Waals surface area (Å²) in [5, 5.41) is 0. The molecule has 0 saturated heterocycles. The van der Waals surface area contributed by atoms with Gasteiger partial charge in [-0.15, -0.1) is 0 Å². The van der Waals surface area contributed by atoms with Crippen molar-refractivity contribution in [3.63, 3.8) is 0 Å². The van der Waals surface area contributed by atoms with E-state index in [0.717, 1.165) is 0 Å². The van der Waals surface area contributed by atoms with Gasteiger partial charge in [0.15, 0.2) is 0 Å². The van der Waals surface area contributed by atoms with E-state index in [1.165, 1.54) is 0 Å². The van der Waals surface area contributed by atoms with Crippen molar-refractivity contribution >= 4 is 8.92 Å². The fourth-order valence-corrected chi connectivity index (χ4v) is 0.551. The summed E-state index contributed by atoms with van der Waals surface area (Å²) in [5.41, 5.74) is 15.5. The Balaban J connectivity index is 4.04. The van der Waals surface area contributed by atoms with Crippen LogP contribution in [0.1, 0.15) is 0 Å². The topological polar surface area (TPSA) is 97.5 Å². The molecule has 8 heteroatoms. The monoisotopic (exact) mass is 167 g/mol. The first-order valence-electron chi connectivity index (χ1n) is 1.35. The van der Waals surface area contributed by atoms with Crippen molar-refractivity contribution in [1.82, 2.24) is 0 Å². The van der Waals surface area contributed by atoms with Crippen molar-refractivity contribution in [2.24, 2.45) is 9.04 Å². The maximum absolute atomic E-state index is 7.74. The Hall–Kier alpha value is -0.446. The molecule has 0 rings (SSSR count). The van der Waals surface area contributed by atoms with E-state index in [4.69, 9.17) is 11.1 Å². The first kappa shape index (κ1) is 7.55. The standard InChI is InChI=1S/N6S.V/c1-3-5-7-6-4-2;. The van der Waals surface area contributed by atoms with E-state index < -0.39 is 8.92 Å². The van der Waals surface area contributed by atoms with Gasteiger partial charge in [0.05, 0.1) is 0 Å². The molecular weight excluding hydrogens is 167 g/mol. The van der Waals surface area contributed by atoms with Crippen LogP contribution in [-0.2, 0) is 15.7 Å². The molecule has 0 heterocycles. The van der Waals surface area contributed by atoms with E-state index in [0.29, 0.717) is 0 Å². The molecule has 0 atom stereocenters. The summed E-state index contributed by atoms with van der Waals surface area (Å²) in [4.78, 5) is 4.82. The summed E-state index contributed by atoms with van der Waals surface area (Å²) in [6.45, 7) is 0. The second-order valence-corrected chi connectivity index (χ2v) is 2.93. The Morgan fingerprint density at radius 2 is 1.62 bits per heavy atom. The van der Waals surface area contributed by atoms with Crippen molar-refractivity contribution in [2.45, 2.75) is 0 Å². The molecule has 0 amide bonds. The van der Waals surface area contributed by atoms with Gasteiger partial charge < -0.3 is 0 Å². The molecule has 0 aromatic carbocycles. The summed E-state index contributed by atoms with van der Waals surface area (Å²) in [6.07, 6.45) is 0. The number of hydrogen-bond donors (Lipinski definition) is 0. The van der Waals surface area contributed by atoms with Gasteiger partial charge in [-0.3, -0.25) is 0 Å². The Bertz CT molecular complexity index is 161. The minimum absolute atomic E-state index is 0.916. The van der Waals surface area contributed by atoms with Crippen LogP contribution in [0.4, 0.5) is 0 Å². The molecule has 8 heavy (non-hydrogen) atoms. The zero-order valence-corrected chi connectivity index (χ0v) is 5.75. The van der Waals surface area contributed by atoms with E-state index in [1.807, 2.05) is 15.7 Å². The molecule has 6 nitrogen and oxygen atoms in total. The van der Waals surface area contributed by atoms with Gasteiger partial charge in [-0.2, -0.15) is 0 Å². The first-order valence-corrected chi connectivity index (χ1v) is 4.15. The van der Waals surface area contributed by atoms with Crippen LogP contribution < -0.4 is 0 Å².